The van der Waals surface area contributed by atoms with Gasteiger partial charge in [0.25, 0.3) is 0 Å². The average Bonchev–Trinajstić information content (AvgIpc) is 1.99. The maximum absolute atomic E-state index is 10.2. The Kier molecular flexibility index (Phi) is 3.09. The fourth-order valence-corrected chi connectivity index (χ4v) is 1.33. The quantitative estimate of drug-likeness (QED) is 0.739. The summed E-state index contributed by atoms with van der Waals surface area (Å²) in [5, 5.41) is 9.01. The first-order valence-electron chi connectivity index (χ1n) is 3.76. The summed E-state index contributed by atoms with van der Waals surface area (Å²) < 4.78 is 0. The van der Waals surface area contributed by atoms with Crippen LogP contribution >= 0.6 is 11.6 Å². The van der Waals surface area contributed by atoms with Crippen LogP contribution in [0.1, 0.15) is 11.1 Å². The lowest BCUT2D eigenvalue weighted by Crippen LogP contribution is -1.86. The zero-order chi connectivity index (χ0) is 9.84. The molecule has 0 aromatic heterocycles. The third-order valence-corrected chi connectivity index (χ3v) is 1.70. The SMILES string of the molecule is Cc1cc(Cl)cc(/C=C/C(=O)O)c1. The lowest BCUT2D eigenvalue weighted by atomic mass is 10.1. The molecule has 1 rings (SSSR count). The summed E-state index contributed by atoms with van der Waals surface area (Å²) in [6, 6.07) is 5.40. The molecule has 0 fully saturated rings. The lowest BCUT2D eigenvalue weighted by molar-refractivity contribution is -0.131. The molecule has 0 spiro atoms. The third kappa shape index (κ3) is 3.30. The van der Waals surface area contributed by atoms with Gasteiger partial charge in [-0.3, -0.25) is 0 Å². The summed E-state index contributed by atoms with van der Waals surface area (Å²) in [5.74, 6) is -0.961. The molecule has 1 N–H and O–H groups in total. The first kappa shape index (κ1) is 9.81. The van der Waals surface area contributed by atoms with E-state index in [0.29, 0.717) is 5.02 Å². The molecule has 0 aliphatic rings. The van der Waals surface area contributed by atoms with Crippen LogP contribution in [0.5, 0.6) is 0 Å². The normalized spacial score (nSPS) is 10.6. The van der Waals surface area contributed by atoms with Crippen molar-refractivity contribution in [3.63, 3.8) is 0 Å². The number of carboxylic acids is 1. The molecule has 1 aromatic carbocycles. The molecule has 13 heavy (non-hydrogen) atoms. The highest BCUT2D eigenvalue weighted by atomic mass is 35.5. The van der Waals surface area contributed by atoms with Crippen molar-refractivity contribution in [1.82, 2.24) is 0 Å². The van der Waals surface area contributed by atoms with E-state index in [9.17, 15) is 4.79 Å². The molecular formula is C10H9ClO2. The van der Waals surface area contributed by atoms with Crippen LogP contribution in [-0.2, 0) is 4.79 Å². The molecule has 0 aliphatic heterocycles. The van der Waals surface area contributed by atoms with E-state index >= 15 is 0 Å². The maximum atomic E-state index is 10.2. The number of halogens is 1. The Balaban J connectivity index is 2.95. The van der Waals surface area contributed by atoms with Crippen molar-refractivity contribution in [2.24, 2.45) is 0 Å². The van der Waals surface area contributed by atoms with E-state index in [1.807, 2.05) is 19.1 Å². The van der Waals surface area contributed by atoms with E-state index in [1.54, 1.807) is 6.07 Å². The summed E-state index contributed by atoms with van der Waals surface area (Å²) in [5.41, 5.74) is 1.81. The van der Waals surface area contributed by atoms with Gasteiger partial charge < -0.3 is 5.11 Å². The largest absolute Gasteiger partial charge is 0.478 e. The minimum atomic E-state index is -0.961. The zero-order valence-electron chi connectivity index (χ0n) is 7.12. The second-order valence-electron chi connectivity index (χ2n) is 2.73. The fraction of sp³-hybridized carbons (Fsp3) is 0.100. The predicted molar refractivity (Wildman–Crippen MR) is 52.9 cm³/mol. The van der Waals surface area contributed by atoms with Gasteiger partial charge in [0.15, 0.2) is 0 Å². The van der Waals surface area contributed by atoms with E-state index in [1.165, 1.54) is 6.08 Å². The predicted octanol–water partition coefficient (Wildman–Crippen LogP) is 2.75. The molecule has 2 nitrogen and oxygen atoms in total. The van der Waals surface area contributed by atoms with Crippen LogP contribution in [-0.4, -0.2) is 11.1 Å². The molecule has 0 heterocycles. The molecule has 0 saturated heterocycles. The number of carboxylic acid groups (broad SMARTS) is 1. The molecule has 3 heteroatoms. The van der Waals surface area contributed by atoms with E-state index in [2.05, 4.69) is 0 Å². The van der Waals surface area contributed by atoms with E-state index in [0.717, 1.165) is 17.2 Å². The third-order valence-electron chi connectivity index (χ3n) is 1.48. The van der Waals surface area contributed by atoms with Crippen LogP contribution in [0.4, 0.5) is 0 Å². The Morgan fingerprint density at radius 3 is 2.69 bits per heavy atom. The average molecular weight is 197 g/mol. The van der Waals surface area contributed by atoms with Gasteiger partial charge in [0.05, 0.1) is 0 Å². The monoisotopic (exact) mass is 196 g/mol. The molecule has 0 saturated carbocycles. The Bertz CT molecular complexity index is 336. The number of carbonyl (C=O) groups is 1. The van der Waals surface area contributed by atoms with Gasteiger partial charge in [-0.2, -0.15) is 0 Å². The van der Waals surface area contributed by atoms with Gasteiger partial charge in [0.1, 0.15) is 0 Å². The molecule has 68 valence electrons. The van der Waals surface area contributed by atoms with Gasteiger partial charge in [-0.15, -0.1) is 0 Å². The number of hydrogen-bond acceptors (Lipinski definition) is 1. The van der Waals surface area contributed by atoms with Crippen molar-refractivity contribution in [3.8, 4) is 0 Å². The van der Waals surface area contributed by atoms with Crippen LogP contribution in [0.3, 0.4) is 0 Å². The highest BCUT2D eigenvalue weighted by Gasteiger charge is 1.94. The van der Waals surface area contributed by atoms with Crippen molar-refractivity contribution in [1.29, 1.82) is 0 Å². The highest BCUT2D eigenvalue weighted by molar-refractivity contribution is 6.30. The van der Waals surface area contributed by atoms with Crippen molar-refractivity contribution in [3.05, 3.63) is 40.4 Å². The molecule has 0 bridgehead atoms. The lowest BCUT2D eigenvalue weighted by Gasteiger charge is -1.97. The standard InChI is InChI=1S/C10H9ClO2/c1-7-4-8(2-3-10(12)13)6-9(11)5-7/h2-6H,1H3,(H,12,13)/b3-2+. The number of hydrogen-bond donors (Lipinski definition) is 1. The van der Waals surface area contributed by atoms with Crippen LogP contribution < -0.4 is 0 Å². The number of aryl methyl sites for hydroxylation is 1. The van der Waals surface area contributed by atoms with Crippen LogP contribution in [0.2, 0.25) is 5.02 Å². The molecule has 0 amide bonds. The smallest absolute Gasteiger partial charge is 0.328 e. The Labute approximate surface area is 81.5 Å². The minimum Gasteiger partial charge on any atom is -0.478 e. The Hall–Kier alpha value is -1.28. The maximum Gasteiger partial charge on any atom is 0.328 e. The Morgan fingerprint density at radius 1 is 1.46 bits per heavy atom. The van der Waals surface area contributed by atoms with Crippen molar-refractivity contribution in [2.75, 3.05) is 0 Å². The minimum absolute atomic E-state index is 0.616. The van der Waals surface area contributed by atoms with Gasteiger partial charge >= 0.3 is 5.97 Å². The number of benzene rings is 1. The molecule has 0 atom stereocenters. The summed E-state index contributed by atoms with van der Waals surface area (Å²) in [6.07, 6.45) is 2.60. The van der Waals surface area contributed by atoms with E-state index in [4.69, 9.17) is 16.7 Å². The van der Waals surface area contributed by atoms with E-state index in [-0.39, 0.29) is 0 Å². The van der Waals surface area contributed by atoms with Gasteiger partial charge in [0, 0.05) is 11.1 Å². The highest BCUT2D eigenvalue weighted by Crippen LogP contribution is 2.15. The molecule has 0 radical (unpaired) electrons. The van der Waals surface area contributed by atoms with Crippen molar-refractivity contribution in [2.45, 2.75) is 6.92 Å². The Morgan fingerprint density at radius 2 is 2.15 bits per heavy atom. The van der Waals surface area contributed by atoms with Gasteiger partial charge in [-0.25, -0.2) is 4.79 Å². The van der Waals surface area contributed by atoms with Crippen LogP contribution in [0.15, 0.2) is 24.3 Å². The van der Waals surface area contributed by atoms with Crippen molar-refractivity contribution < 1.29 is 9.90 Å². The summed E-state index contributed by atoms with van der Waals surface area (Å²) in [4.78, 5) is 10.2. The summed E-state index contributed by atoms with van der Waals surface area (Å²) >= 11 is 5.78. The van der Waals surface area contributed by atoms with Gasteiger partial charge in [-0.05, 0) is 36.3 Å². The summed E-state index contributed by atoms with van der Waals surface area (Å²) in [7, 11) is 0. The molecule has 0 aliphatic carbocycles. The molecule has 1 aromatic rings. The first-order chi connectivity index (χ1) is 6.08. The number of aliphatic carboxylic acids is 1. The summed E-state index contributed by atoms with van der Waals surface area (Å²) in [6.45, 7) is 1.91. The zero-order valence-corrected chi connectivity index (χ0v) is 7.88. The van der Waals surface area contributed by atoms with Crippen molar-refractivity contribution >= 4 is 23.6 Å². The first-order valence-corrected chi connectivity index (χ1v) is 4.14. The number of rotatable bonds is 2. The van der Waals surface area contributed by atoms with Crippen LogP contribution in [0.25, 0.3) is 6.08 Å². The van der Waals surface area contributed by atoms with Crippen LogP contribution in [0, 0.1) is 6.92 Å². The fourth-order valence-electron chi connectivity index (χ4n) is 1.03. The molecular weight excluding hydrogens is 188 g/mol. The molecule has 0 unspecified atom stereocenters. The second kappa shape index (κ2) is 4.10. The van der Waals surface area contributed by atoms with E-state index < -0.39 is 5.97 Å². The second-order valence-corrected chi connectivity index (χ2v) is 3.17. The van der Waals surface area contributed by atoms with Gasteiger partial charge in [-0.1, -0.05) is 17.7 Å². The topological polar surface area (TPSA) is 37.3 Å². The van der Waals surface area contributed by atoms with Gasteiger partial charge in [0.2, 0.25) is 0 Å².